The Labute approximate surface area is 96.8 Å². The van der Waals surface area contributed by atoms with E-state index in [1.807, 2.05) is 13.8 Å². The molecule has 0 bridgehead atoms. The number of carboxylic acids is 1. The first-order chi connectivity index (χ1) is 6.61. The van der Waals surface area contributed by atoms with Gasteiger partial charge in [-0.05, 0) is 18.8 Å². The highest BCUT2D eigenvalue weighted by molar-refractivity contribution is 5.85. The van der Waals surface area contributed by atoms with Gasteiger partial charge in [0.2, 0.25) is 0 Å². The van der Waals surface area contributed by atoms with E-state index >= 15 is 0 Å². The van der Waals surface area contributed by atoms with Gasteiger partial charge in [-0.15, -0.1) is 12.4 Å². The number of nitrogens with one attached hydrogen (secondary N) is 1. The first-order valence-electron chi connectivity index (χ1n) is 5.18. The van der Waals surface area contributed by atoms with Gasteiger partial charge in [-0.2, -0.15) is 0 Å². The largest absolute Gasteiger partial charge is 0.480 e. The fraction of sp³-hybridized carbons (Fsp3) is 0.900. The lowest BCUT2D eigenvalue weighted by Gasteiger charge is -2.28. The van der Waals surface area contributed by atoms with E-state index in [4.69, 9.17) is 9.84 Å². The molecule has 0 aromatic rings. The van der Waals surface area contributed by atoms with Crippen LogP contribution in [0, 0.1) is 5.92 Å². The molecule has 2 N–H and O–H groups in total. The number of ether oxygens (including phenoxy) is 1. The molecule has 1 aliphatic rings. The van der Waals surface area contributed by atoms with Crippen molar-refractivity contribution in [2.24, 2.45) is 5.92 Å². The summed E-state index contributed by atoms with van der Waals surface area (Å²) in [5.41, 5.74) is 0. The second-order valence-corrected chi connectivity index (χ2v) is 4.11. The second kappa shape index (κ2) is 7.04. The number of hydrogen-bond acceptors (Lipinski definition) is 3. The van der Waals surface area contributed by atoms with E-state index in [1.54, 1.807) is 0 Å². The monoisotopic (exact) mass is 237 g/mol. The summed E-state index contributed by atoms with van der Waals surface area (Å²) in [6.07, 6.45) is 1.83. The summed E-state index contributed by atoms with van der Waals surface area (Å²) in [7, 11) is 0. The number of halogens is 1. The van der Waals surface area contributed by atoms with E-state index in [0.717, 1.165) is 26.1 Å². The van der Waals surface area contributed by atoms with Crippen molar-refractivity contribution < 1.29 is 14.6 Å². The molecule has 0 spiro atoms. The van der Waals surface area contributed by atoms with Gasteiger partial charge in [0.15, 0.2) is 0 Å². The SMILES string of the molecule is CC(C)C(NC1CCOCC1)C(=O)O.Cl. The predicted octanol–water partition coefficient (Wildman–Crippen LogP) is 1.29. The molecule has 1 heterocycles. The number of hydrogen-bond donors (Lipinski definition) is 2. The van der Waals surface area contributed by atoms with E-state index in [2.05, 4.69) is 5.32 Å². The highest BCUT2D eigenvalue weighted by Gasteiger charge is 2.25. The Bertz CT molecular complexity index is 193. The molecular weight excluding hydrogens is 218 g/mol. The van der Waals surface area contributed by atoms with Crippen molar-refractivity contribution in [2.45, 2.75) is 38.8 Å². The molecule has 1 aliphatic heterocycles. The molecule has 0 aromatic carbocycles. The van der Waals surface area contributed by atoms with Crippen molar-refractivity contribution >= 4 is 18.4 Å². The molecule has 1 saturated heterocycles. The molecule has 5 heteroatoms. The van der Waals surface area contributed by atoms with Gasteiger partial charge in [-0.25, -0.2) is 0 Å². The second-order valence-electron chi connectivity index (χ2n) is 4.11. The van der Waals surface area contributed by atoms with Crippen molar-refractivity contribution in [1.29, 1.82) is 0 Å². The van der Waals surface area contributed by atoms with Gasteiger partial charge in [-0.3, -0.25) is 4.79 Å². The van der Waals surface area contributed by atoms with Crippen LogP contribution in [0.5, 0.6) is 0 Å². The minimum atomic E-state index is -0.758. The van der Waals surface area contributed by atoms with E-state index in [-0.39, 0.29) is 18.3 Å². The Morgan fingerprint density at radius 2 is 1.93 bits per heavy atom. The summed E-state index contributed by atoms with van der Waals surface area (Å²) in [5.74, 6) is -0.637. The van der Waals surface area contributed by atoms with Gasteiger partial charge in [0.25, 0.3) is 0 Å². The Kier molecular flexibility index (Phi) is 6.89. The van der Waals surface area contributed by atoms with Gasteiger partial charge in [0.05, 0.1) is 0 Å². The van der Waals surface area contributed by atoms with Gasteiger partial charge >= 0.3 is 5.97 Å². The van der Waals surface area contributed by atoms with Crippen molar-refractivity contribution in [2.75, 3.05) is 13.2 Å². The molecule has 0 amide bonds. The van der Waals surface area contributed by atoms with Crippen LogP contribution in [0.3, 0.4) is 0 Å². The topological polar surface area (TPSA) is 58.6 Å². The zero-order valence-electron chi connectivity index (χ0n) is 9.23. The first-order valence-corrected chi connectivity index (χ1v) is 5.18. The van der Waals surface area contributed by atoms with Crippen molar-refractivity contribution in [3.05, 3.63) is 0 Å². The van der Waals surface area contributed by atoms with Crippen molar-refractivity contribution in [1.82, 2.24) is 5.32 Å². The molecule has 0 aromatic heterocycles. The third kappa shape index (κ3) is 4.82. The van der Waals surface area contributed by atoms with Gasteiger partial charge in [0.1, 0.15) is 6.04 Å². The normalized spacial score (nSPS) is 19.7. The first kappa shape index (κ1) is 14.7. The standard InChI is InChI=1S/C10H19NO3.ClH/c1-7(2)9(10(12)13)11-8-3-5-14-6-4-8;/h7-9,11H,3-6H2,1-2H3,(H,12,13);1H. The highest BCUT2D eigenvalue weighted by atomic mass is 35.5. The smallest absolute Gasteiger partial charge is 0.320 e. The lowest BCUT2D eigenvalue weighted by molar-refractivity contribution is -0.141. The molecular formula is C10H20ClNO3. The average Bonchev–Trinajstić information content (AvgIpc) is 2.15. The number of aliphatic carboxylic acids is 1. The fourth-order valence-electron chi connectivity index (χ4n) is 1.67. The molecule has 1 rings (SSSR count). The summed E-state index contributed by atoms with van der Waals surface area (Å²) in [4.78, 5) is 10.9. The maximum Gasteiger partial charge on any atom is 0.320 e. The summed E-state index contributed by atoms with van der Waals surface area (Å²) in [6, 6.07) is -0.134. The molecule has 1 fully saturated rings. The number of carboxylic acid groups (broad SMARTS) is 1. The zero-order valence-corrected chi connectivity index (χ0v) is 10.0. The van der Waals surface area contributed by atoms with Crippen LogP contribution in [-0.2, 0) is 9.53 Å². The molecule has 90 valence electrons. The van der Waals surface area contributed by atoms with Gasteiger partial charge in [-0.1, -0.05) is 13.8 Å². The molecule has 4 nitrogen and oxygen atoms in total. The van der Waals surface area contributed by atoms with Crippen LogP contribution < -0.4 is 5.32 Å². The van der Waals surface area contributed by atoms with E-state index < -0.39 is 12.0 Å². The maximum absolute atomic E-state index is 10.9. The van der Waals surface area contributed by atoms with E-state index in [0.29, 0.717) is 6.04 Å². The summed E-state index contributed by atoms with van der Waals surface area (Å²) >= 11 is 0. The minimum absolute atomic E-state index is 0. The van der Waals surface area contributed by atoms with E-state index in [1.165, 1.54) is 0 Å². The predicted molar refractivity (Wildman–Crippen MR) is 60.5 cm³/mol. The molecule has 15 heavy (non-hydrogen) atoms. The summed E-state index contributed by atoms with van der Waals surface area (Å²) < 4.78 is 5.21. The maximum atomic E-state index is 10.9. The zero-order chi connectivity index (χ0) is 10.6. The van der Waals surface area contributed by atoms with Crippen LogP contribution in [0.1, 0.15) is 26.7 Å². The third-order valence-corrected chi connectivity index (χ3v) is 2.57. The molecule has 0 aliphatic carbocycles. The average molecular weight is 238 g/mol. The summed E-state index contributed by atoms with van der Waals surface area (Å²) in [6.45, 7) is 5.32. The lowest BCUT2D eigenvalue weighted by atomic mass is 10.0. The Morgan fingerprint density at radius 1 is 1.40 bits per heavy atom. The lowest BCUT2D eigenvalue weighted by Crippen LogP contribution is -2.48. The minimum Gasteiger partial charge on any atom is -0.480 e. The molecule has 1 unspecified atom stereocenters. The fourth-order valence-corrected chi connectivity index (χ4v) is 1.67. The number of carbonyl (C=O) groups is 1. The quantitative estimate of drug-likeness (QED) is 0.774. The van der Waals surface area contributed by atoms with Crippen LogP contribution >= 0.6 is 12.4 Å². The molecule has 0 saturated carbocycles. The van der Waals surface area contributed by atoms with Crippen molar-refractivity contribution in [3.63, 3.8) is 0 Å². The number of rotatable bonds is 4. The van der Waals surface area contributed by atoms with Crippen LogP contribution in [-0.4, -0.2) is 36.4 Å². The Morgan fingerprint density at radius 3 is 2.33 bits per heavy atom. The van der Waals surface area contributed by atoms with Crippen LogP contribution in [0.15, 0.2) is 0 Å². The van der Waals surface area contributed by atoms with Crippen LogP contribution in [0.25, 0.3) is 0 Å². The van der Waals surface area contributed by atoms with Gasteiger partial charge < -0.3 is 15.2 Å². The van der Waals surface area contributed by atoms with E-state index in [9.17, 15) is 4.79 Å². The van der Waals surface area contributed by atoms with Crippen LogP contribution in [0.4, 0.5) is 0 Å². The Hall–Kier alpha value is -0.320. The summed E-state index contributed by atoms with van der Waals surface area (Å²) in [5, 5.41) is 12.2. The Balaban J connectivity index is 0.00000196. The third-order valence-electron chi connectivity index (χ3n) is 2.57. The van der Waals surface area contributed by atoms with Crippen LogP contribution in [0.2, 0.25) is 0 Å². The molecule has 0 radical (unpaired) electrons. The van der Waals surface area contributed by atoms with Gasteiger partial charge in [0, 0.05) is 19.3 Å². The van der Waals surface area contributed by atoms with Crippen molar-refractivity contribution in [3.8, 4) is 0 Å². The molecule has 1 atom stereocenters. The highest BCUT2D eigenvalue weighted by Crippen LogP contribution is 2.10.